The molecule has 0 radical (unpaired) electrons. The summed E-state index contributed by atoms with van der Waals surface area (Å²) >= 11 is 0. The first-order valence-corrected chi connectivity index (χ1v) is 7.88. The van der Waals surface area contributed by atoms with Gasteiger partial charge in [-0.15, -0.1) is 0 Å². The van der Waals surface area contributed by atoms with E-state index in [0.717, 1.165) is 24.1 Å². The molecule has 1 fully saturated rings. The number of rotatable bonds is 3. The van der Waals surface area contributed by atoms with Crippen LogP contribution in [-0.2, 0) is 10.2 Å². The van der Waals surface area contributed by atoms with E-state index < -0.39 is 5.41 Å². The fraction of sp³-hybridized carbons (Fsp3) is 0.611. The third kappa shape index (κ3) is 3.78. The maximum absolute atomic E-state index is 12.6. The van der Waals surface area contributed by atoms with Gasteiger partial charge in [0, 0.05) is 11.7 Å². The molecule has 0 aliphatic heterocycles. The van der Waals surface area contributed by atoms with Crippen molar-refractivity contribution < 1.29 is 4.79 Å². The molecule has 3 nitrogen and oxygen atoms in total. The lowest BCUT2D eigenvalue weighted by atomic mass is 9.75. The van der Waals surface area contributed by atoms with E-state index in [0.29, 0.717) is 11.5 Å². The molecule has 0 saturated heterocycles. The van der Waals surface area contributed by atoms with Crippen LogP contribution < -0.4 is 11.1 Å². The predicted molar refractivity (Wildman–Crippen MR) is 88.1 cm³/mol. The van der Waals surface area contributed by atoms with Crippen molar-refractivity contribution in [3.8, 4) is 0 Å². The molecule has 0 spiro atoms. The van der Waals surface area contributed by atoms with Gasteiger partial charge in [-0.2, -0.15) is 0 Å². The van der Waals surface area contributed by atoms with Gasteiger partial charge in [-0.25, -0.2) is 0 Å². The fourth-order valence-corrected chi connectivity index (χ4v) is 2.94. The van der Waals surface area contributed by atoms with Gasteiger partial charge in [0.05, 0.1) is 5.41 Å². The molecule has 1 saturated carbocycles. The van der Waals surface area contributed by atoms with Gasteiger partial charge in [-0.3, -0.25) is 4.79 Å². The Kier molecular flexibility index (Phi) is 4.31. The Morgan fingerprint density at radius 1 is 1.19 bits per heavy atom. The van der Waals surface area contributed by atoms with Gasteiger partial charge in [0.15, 0.2) is 0 Å². The Bertz CT molecular complexity index is 492. The molecular formula is C18H28N2O. The second-order valence-corrected chi connectivity index (χ2v) is 7.66. The van der Waals surface area contributed by atoms with Crippen molar-refractivity contribution in [2.45, 2.75) is 64.8 Å². The molecular weight excluding hydrogens is 260 g/mol. The molecule has 1 aromatic carbocycles. The molecule has 3 heteroatoms. The molecule has 0 bridgehead atoms. The fourth-order valence-electron chi connectivity index (χ4n) is 2.94. The average molecular weight is 288 g/mol. The first-order chi connectivity index (χ1) is 9.71. The summed E-state index contributed by atoms with van der Waals surface area (Å²) in [6.45, 7) is 8.56. The minimum absolute atomic E-state index is 0.108. The third-order valence-corrected chi connectivity index (χ3v) is 4.87. The monoisotopic (exact) mass is 288 g/mol. The molecule has 2 rings (SSSR count). The Hall–Kier alpha value is -1.51. The van der Waals surface area contributed by atoms with Crippen molar-refractivity contribution in [3.05, 3.63) is 29.8 Å². The topological polar surface area (TPSA) is 55.1 Å². The highest BCUT2D eigenvalue weighted by Gasteiger charge is 2.33. The molecule has 0 aromatic heterocycles. The smallest absolute Gasteiger partial charge is 0.230 e. The maximum Gasteiger partial charge on any atom is 0.230 e. The first-order valence-electron chi connectivity index (χ1n) is 7.88. The lowest BCUT2D eigenvalue weighted by Gasteiger charge is -2.36. The van der Waals surface area contributed by atoms with Crippen LogP contribution in [0.15, 0.2) is 24.3 Å². The zero-order valence-corrected chi connectivity index (χ0v) is 13.7. The van der Waals surface area contributed by atoms with E-state index in [-0.39, 0.29) is 5.91 Å². The van der Waals surface area contributed by atoms with Crippen molar-refractivity contribution >= 4 is 11.6 Å². The SMILES string of the molecule is CC1(C)CCC(NC(=O)C(C)(C)c2ccc(N)cc2)CC1. The zero-order chi connectivity index (χ0) is 15.7. The van der Waals surface area contributed by atoms with Crippen molar-refractivity contribution in [3.63, 3.8) is 0 Å². The summed E-state index contributed by atoms with van der Waals surface area (Å²) in [4.78, 5) is 12.6. The number of carbonyl (C=O) groups is 1. The number of amides is 1. The van der Waals surface area contributed by atoms with Gasteiger partial charge in [0.25, 0.3) is 0 Å². The summed E-state index contributed by atoms with van der Waals surface area (Å²) in [6.07, 6.45) is 4.52. The summed E-state index contributed by atoms with van der Waals surface area (Å²) in [5.41, 5.74) is 7.35. The molecule has 3 N–H and O–H groups in total. The third-order valence-electron chi connectivity index (χ3n) is 4.87. The van der Waals surface area contributed by atoms with Gasteiger partial charge in [0.1, 0.15) is 0 Å². The highest BCUT2D eigenvalue weighted by Crippen LogP contribution is 2.35. The summed E-state index contributed by atoms with van der Waals surface area (Å²) < 4.78 is 0. The first kappa shape index (κ1) is 15.9. The van der Waals surface area contributed by atoms with Gasteiger partial charge in [-0.05, 0) is 62.6 Å². The van der Waals surface area contributed by atoms with Gasteiger partial charge >= 0.3 is 0 Å². The lowest BCUT2D eigenvalue weighted by molar-refractivity contribution is -0.126. The highest BCUT2D eigenvalue weighted by atomic mass is 16.2. The number of carbonyl (C=O) groups excluding carboxylic acids is 1. The number of nitrogens with one attached hydrogen (secondary N) is 1. The summed E-state index contributed by atoms with van der Waals surface area (Å²) in [5, 5.41) is 3.24. The van der Waals surface area contributed by atoms with Crippen molar-refractivity contribution in [2.24, 2.45) is 5.41 Å². The number of anilines is 1. The van der Waals surface area contributed by atoms with Gasteiger partial charge in [0.2, 0.25) is 5.91 Å². The molecule has 1 aliphatic rings. The van der Waals surface area contributed by atoms with Crippen molar-refractivity contribution in [1.29, 1.82) is 0 Å². The van der Waals surface area contributed by atoms with E-state index in [2.05, 4.69) is 19.2 Å². The molecule has 116 valence electrons. The van der Waals surface area contributed by atoms with Crippen LogP contribution in [-0.4, -0.2) is 11.9 Å². The van der Waals surface area contributed by atoms with Crippen molar-refractivity contribution in [1.82, 2.24) is 5.32 Å². The van der Waals surface area contributed by atoms with Crippen molar-refractivity contribution in [2.75, 3.05) is 5.73 Å². The summed E-state index contributed by atoms with van der Waals surface area (Å²) in [6, 6.07) is 7.91. The normalized spacial score (nSPS) is 19.2. The summed E-state index contributed by atoms with van der Waals surface area (Å²) in [7, 11) is 0. The van der Waals surface area contributed by atoms with Crippen LogP contribution in [0.3, 0.4) is 0 Å². The summed E-state index contributed by atoms with van der Waals surface area (Å²) in [5.74, 6) is 0.108. The number of nitrogen functional groups attached to an aromatic ring is 1. The molecule has 21 heavy (non-hydrogen) atoms. The molecule has 1 aromatic rings. The van der Waals surface area contributed by atoms with E-state index >= 15 is 0 Å². The molecule has 1 amide bonds. The molecule has 0 heterocycles. The van der Waals surface area contributed by atoms with Crippen LogP contribution in [0, 0.1) is 5.41 Å². The Morgan fingerprint density at radius 2 is 1.71 bits per heavy atom. The van der Waals surface area contributed by atoms with E-state index in [1.165, 1.54) is 12.8 Å². The Labute approximate surface area is 128 Å². The van der Waals surface area contributed by atoms with E-state index in [4.69, 9.17) is 5.73 Å². The Morgan fingerprint density at radius 3 is 2.24 bits per heavy atom. The number of hydrogen-bond donors (Lipinski definition) is 2. The van der Waals surface area contributed by atoms with Crippen LogP contribution in [0.5, 0.6) is 0 Å². The van der Waals surface area contributed by atoms with Crippen LogP contribution >= 0.6 is 0 Å². The van der Waals surface area contributed by atoms with E-state index in [1.807, 2.05) is 38.1 Å². The maximum atomic E-state index is 12.6. The van der Waals surface area contributed by atoms with Crippen LogP contribution in [0.1, 0.15) is 58.9 Å². The van der Waals surface area contributed by atoms with Gasteiger partial charge in [-0.1, -0.05) is 26.0 Å². The zero-order valence-electron chi connectivity index (χ0n) is 13.7. The van der Waals surface area contributed by atoms with E-state index in [9.17, 15) is 4.79 Å². The quantitative estimate of drug-likeness (QED) is 0.834. The second kappa shape index (κ2) is 5.70. The average Bonchev–Trinajstić information content (AvgIpc) is 2.41. The number of benzene rings is 1. The van der Waals surface area contributed by atoms with Crippen LogP contribution in [0.25, 0.3) is 0 Å². The van der Waals surface area contributed by atoms with E-state index in [1.54, 1.807) is 0 Å². The lowest BCUT2D eigenvalue weighted by Crippen LogP contribution is -2.47. The minimum Gasteiger partial charge on any atom is -0.399 e. The largest absolute Gasteiger partial charge is 0.399 e. The standard InChI is InChI=1S/C18H28N2O/c1-17(2)11-9-15(10-12-17)20-16(21)18(3,4)13-5-7-14(19)8-6-13/h5-8,15H,9-12,19H2,1-4H3,(H,20,21). The molecule has 1 aliphatic carbocycles. The highest BCUT2D eigenvalue weighted by molar-refractivity contribution is 5.87. The molecule has 0 unspecified atom stereocenters. The van der Waals surface area contributed by atoms with Gasteiger partial charge < -0.3 is 11.1 Å². The second-order valence-electron chi connectivity index (χ2n) is 7.66. The Balaban J connectivity index is 2.00. The number of hydrogen-bond acceptors (Lipinski definition) is 2. The van der Waals surface area contributed by atoms with Crippen LogP contribution in [0.2, 0.25) is 0 Å². The molecule has 0 atom stereocenters. The van der Waals surface area contributed by atoms with Crippen LogP contribution in [0.4, 0.5) is 5.69 Å². The number of nitrogens with two attached hydrogens (primary N) is 1. The predicted octanol–water partition coefficient (Wildman–Crippen LogP) is 3.63. The minimum atomic E-state index is -0.527.